The maximum Gasteiger partial charge on any atom is 0.241 e. The summed E-state index contributed by atoms with van der Waals surface area (Å²) in [5, 5.41) is 8.35. The molecule has 0 unspecified atom stereocenters. The van der Waals surface area contributed by atoms with Crippen molar-refractivity contribution in [2.24, 2.45) is 0 Å². The van der Waals surface area contributed by atoms with Gasteiger partial charge in [0.2, 0.25) is 11.7 Å². The van der Waals surface area contributed by atoms with Crippen molar-refractivity contribution in [1.29, 1.82) is 0 Å². The summed E-state index contributed by atoms with van der Waals surface area (Å²) in [7, 11) is 2.22. The van der Waals surface area contributed by atoms with Crippen LogP contribution in [0.5, 0.6) is 0 Å². The molecule has 2 aliphatic rings. The molecule has 5 heterocycles. The molecule has 4 aromatic rings. The summed E-state index contributed by atoms with van der Waals surface area (Å²) in [4.78, 5) is 18.7. The van der Waals surface area contributed by atoms with Crippen LogP contribution in [0.25, 0.3) is 22.4 Å². The lowest BCUT2D eigenvalue weighted by Crippen LogP contribution is -2.50. The van der Waals surface area contributed by atoms with Crippen LogP contribution in [0.2, 0.25) is 0 Å². The van der Waals surface area contributed by atoms with Gasteiger partial charge in [0.25, 0.3) is 0 Å². The molecule has 1 saturated carbocycles. The van der Waals surface area contributed by atoms with Gasteiger partial charge in [-0.1, -0.05) is 6.92 Å². The summed E-state index contributed by atoms with van der Waals surface area (Å²) in [6.07, 6.45) is 15.6. The number of imidazole rings is 1. The van der Waals surface area contributed by atoms with Crippen LogP contribution in [0.4, 0.5) is 5.95 Å². The fourth-order valence-electron chi connectivity index (χ4n) is 5.49. The number of nitrogens with one attached hydrogen (secondary N) is 1. The number of fused-ring (bicyclic) bond motifs is 2. The number of aryl methyl sites for hydroxylation is 1. The molecule has 2 fully saturated rings. The van der Waals surface area contributed by atoms with E-state index in [1.54, 1.807) is 0 Å². The maximum atomic E-state index is 4.76. The molecule has 0 spiro atoms. The number of likely N-dealkylation sites (N-methyl/N-ethyl adjacent to an activating group) is 1. The van der Waals surface area contributed by atoms with Crippen LogP contribution < -0.4 is 5.32 Å². The van der Waals surface area contributed by atoms with Crippen molar-refractivity contribution in [2.45, 2.75) is 51.1 Å². The Morgan fingerprint density at radius 2 is 1.76 bits per heavy atom. The predicted molar refractivity (Wildman–Crippen MR) is 133 cm³/mol. The molecule has 0 radical (unpaired) electrons. The Balaban J connectivity index is 1.14. The van der Waals surface area contributed by atoms with E-state index in [-0.39, 0.29) is 0 Å². The zero-order chi connectivity index (χ0) is 23.1. The second-order valence-electron chi connectivity index (χ2n) is 9.75. The van der Waals surface area contributed by atoms with E-state index in [0.29, 0.717) is 12.0 Å². The summed E-state index contributed by atoms with van der Waals surface area (Å²) < 4.78 is 3.98. The van der Waals surface area contributed by atoms with Crippen molar-refractivity contribution in [3.63, 3.8) is 0 Å². The Morgan fingerprint density at radius 3 is 2.56 bits per heavy atom. The van der Waals surface area contributed by atoms with Gasteiger partial charge in [0.15, 0.2) is 0 Å². The van der Waals surface area contributed by atoms with E-state index in [2.05, 4.69) is 60.7 Å². The van der Waals surface area contributed by atoms with Gasteiger partial charge >= 0.3 is 0 Å². The van der Waals surface area contributed by atoms with Crippen molar-refractivity contribution in [2.75, 3.05) is 38.5 Å². The average Bonchev–Trinajstić information content (AvgIpc) is 3.48. The molecule has 9 nitrogen and oxygen atoms in total. The summed E-state index contributed by atoms with van der Waals surface area (Å²) >= 11 is 0. The minimum Gasteiger partial charge on any atom is -0.350 e. The molecule has 178 valence electrons. The van der Waals surface area contributed by atoms with E-state index in [9.17, 15) is 0 Å². The first-order valence-corrected chi connectivity index (χ1v) is 12.5. The minimum absolute atomic E-state index is 0.441. The molecule has 0 amide bonds. The Morgan fingerprint density at radius 1 is 0.971 bits per heavy atom. The number of hydrogen-bond donors (Lipinski definition) is 1. The average molecular weight is 460 g/mol. The van der Waals surface area contributed by atoms with Crippen LogP contribution in [0, 0.1) is 0 Å². The van der Waals surface area contributed by atoms with E-state index in [4.69, 9.17) is 5.10 Å². The second-order valence-corrected chi connectivity index (χ2v) is 9.75. The van der Waals surface area contributed by atoms with Crippen LogP contribution in [0.15, 0.2) is 37.1 Å². The molecule has 34 heavy (non-hydrogen) atoms. The molecule has 0 bridgehead atoms. The van der Waals surface area contributed by atoms with Gasteiger partial charge in [0.05, 0.1) is 17.9 Å². The fourth-order valence-corrected chi connectivity index (χ4v) is 5.49. The van der Waals surface area contributed by atoms with Gasteiger partial charge in [-0.2, -0.15) is 0 Å². The third kappa shape index (κ3) is 4.03. The topological polar surface area (TPSA) is 78.9 Å². The quantitative estimate of drug-likeness (QED) is 0.492. The van der Waals surface area contributed by atoms with Crippen LogP contribution in [-0.4, -0.2) is 84.1 Å². The molecule has 1 saturated heterocycles. The Kier molecular flexibility index (Phi) is 5.66. The third-order valence-corrected chi connectivity index (χ3v) is 7.62. The van der Waals surface area contributed by atoms with Crippen molar-refractivity contribution < 1.29 is 0 Å². The molecule has 1 aliphatic carbocycles. The van der Waals surface area contributed by atoms with Gasteiger partial charge in [0.1, 0.15) is 0 Å². The van der Waals surface area contributed by atoms with E-state index >= 15 is 0 Å². The smallest absolute Gasteiger partial charge is 0.241 e. The molecule has 0 aromatic carbocycles. The van der Waals surface area contributed by atoms with E-state index in [1.165, 1.54) is 51.9 Å². The number of aromatic nitrogens is 6. The zero-order valence-corrected chi connectivity index (χ0v) is 20.1. The van der Waals surface area contributed by atoms with Crippen molar-refractivity contribution >= 4 is 17.2 Å². The first-order valence-electron chi connectivity index (χ1n) is 12.5. The fraction of sp³-hybridized carbons (Fsp3) is 0.520. The molecule has 0 atom stereocenters. The highest BCUT2D eigenvalue weighted by Crippen LogP contribution is 2.27. The lowest BCUT2D eigenvalue weighted by molar-refractivity contribution is 0.0893. The Bertz CT molecular complexity index is 1280. The van der Waals surface area contributed by atoms with Gasteiger partial charge < -0.3 is 10.2 Å². The molecule has 6 rings (SSSR count). The van der Waals surface area contributed by atoms with E-state index in [1.807, 2.05) is 29.3 Å². The Labute approximate surface area is 199 Å². The van der Waals surface area contributed by atoms with Crippen LogP contribution in [0.3, 0.4) is 0 Å². The largest absolute Gasteiger partial charge is 0.350 e. The first-order chi connectivity index (χ1) is 16.7. The molecule has 1 N–H and O–H groups in total. The highest BCUT2D eigenvalue weighted by Gasteiger charge is 2.28. The molecule has 9 heteroatoms. The van der Waals surface area contributed by atoms with Crippen molar-refractivity contribution in [3.05, 3.63) is 42.7 Å². The van der Waals surface area contributed by atoms with Gasteiger partial charge in [-0.25, -0.2) is 19.5 Å². The number of anilines is 1. The third-order valence-electron chi connectivity index (χ3n) is 7.62. The SMILES string of the molecule is CCc1cnc2ncc(-c3ccn4nc(N[C@H]5CC[C@@H](N6CCN(C)CC6)CC5)ncc34)cn12. The maximum absolute atomic E-state index is 4.76. The van der Waals surface area contributed by atoms with Crippen molar-refractivity contribution in [3.8, 4) is 11.1 Å². The lowest BCUT2D eigenvalue weighted by Gasteiger charge is -2.41. The molecule has 1 aliphatic heterocycles. The van der Waals surface area contributed by atoms with Gasteiger partial charge in [-0.15, -0.1) is 5.10 Å². The second kappa shape index (κ2) is 8.96. The number of hydrogen-bond acceptors (Lipinski definition) is 7. The van der Waals surface area contributed by atoms with E-state index in [0.717, 1.165) is 40.6 Å². The van der Waals surface area contributed by atoms with Crippen molar-refractivity contribution in [1.82, 2.24) is 38.8 Å². The van der Waals surface area contributed by atoms with Gasteiger partial charge in [-0.3, -0.25) is 9.30 Å². The van der Waals surface area contributed by atoms with Crippen LogP contribution in [0.1, 0.15) is 38.3 Å². The molecule has 4 aromatic heterocycles. The monoisotopic (exact) mass is 459 g/mol. The summed E-state index contributed by atoms with van der Waals surface area (Å²) in [6.45, 7) is 6.93. The Hall–Kier alpha value is -3.04. The van der Waals surface area contributed by atoms with Crippen LogP contribution >= 0.6 is 0 Å². The minimum atomic E-state index is 0.441. The number of rotatable bonds is 5. The molecular formula is C25H33N9. The summed E-state index contributed by atoms with van der Waals surface area (Å²) in [6, 6.07) is 3.26. The van der Waals surface area contributed by atoms with Gasteiger partial charge in [0, 0.05) is 73.7 Å². The summed E-state index contributed by atoms with van der Waals surface area (Å²) in [5.74, 6) is 1.43. The first kappa shape index (κ1) is 21.5. The van der Waals surface area contributed by atoms with Gasteiger partial charge in [-0.05, 0) is 45.2 Å². The lowest BCUT2D eigenvalue weighted by atomic mass is 9.90. The van der Waals surface area contributed by atoms with E-state index < -0.39 is 0 Å². The van der Waals surface area contributed by atoms with Crippen LogP contribution in [-0.2, 0) is 6.42 Å². The highest BCUT2D eigenvalue weighted by molar-refractivity contribution is 5.79. The standard InChI is InChI=1S/C25H33N9/c1-3-20-15-28-25-27-14-18(17-33(20)25)22-8-9-34-23(22)16-26-24(30-34)29-19-4-6-21(7-5-19)32-12-10-31(2)11-13-32/h8-9,14-17,19,21H,3-7,10-13H2,1-2H3,(H,29,30)/t19-,21+. The number of piperazine rings is 1. The molecular weight excluding hydrogens is 426 g/mol. The predicted octanol–water partition coefficient (Wildman–Crippen LogP) is 2.97. The normalized spacial score (nSPS) is 22.5. The zero-order valence-electron chi connectivity index (χ0n) is 20.1. The highest BCUT2D eigenvalue weighted by atomic mass is 15.3. The summed E-state index contributed by atoms with van der Waals surface area (Å²) in [5.41, 5.74) is 4.24. The number of nitrogens with zero attached hydrogens (tertiary/aromatic N) is 8.